The molecule has 0 saturated heterocycles. The van der Waals surface area contributed by atoms with Crippen molar-refractivity contribution in [3.05, 3.63) is 29.8 Å². The van der Waals surface area contributed by atoms with Crippen LogP contribution in [0, 0.1) is 0 Å². The number of likely N-dealkylation sites (N-methyl/N-ethyl adjacent to an activating group) is 1. The fraction of sp³-hybridized carbons (Fsp3) is 0.471. The molecule has 1 aromatic rings. The van der Waals surface area contributed by atoms with E-state index in [0.717, 1.165) is 12.8 Å². The zero-order chi connectivity index (χ0) is 17.9. The molecule has 2 amide bonds. The van der Waals surface area contributed by atoms with Crippen LogP contribution in [0.4, 0.5) is 0 Å². The van der Waals surface area contributed by atoms with Gasteiger partial charge in [0.1, 0.15) is 5.75 Å². The van der Waals surface area contributed by atoms with Gasteiger partial charge in [-0.15, -0.1) is 0 Å². The molecule has 0 aromatic heterocycles. The zero-order valence-electron chi connectivity index (χ0n) is 14.3. The number of carbonyl (C=O) groups excluding carboxylic acids is 3. The summed E-state index contributed by atoms with van der Waals surface area (Å²) in [5.41, 5.74) is 0.430. The normalized spacial score (nSPS) is 9.96. The first-order valence-electron chi connectivity index (χ1n) is 7.81. The van der Waals surface area contributed by atoms with Crippen LogP contribution in [0.1, 0.15) is 30.1 Å². The van der Waals surface area contributed by atoms with Crippen molar-refractivity contribution < 1.29 is 23.9 Å². The maximum atomic E-state index is 11.7. The summed E-state index contributed by atoms with van der Waals surface area (Å²) in [5.74, 6) is -0.522. The quantitative estimate of drug-likeness (QED) is 0.541. The number of amides is 2. The Morgan fingerprint density at radius 2 is 1.79 bits per heavy atom. The molecular weight excluding hydrogens is 312 g/mol. The number of benzene rings is 1. The van der Waals surface area contributed by atoms with Crippen molar-refractivity contribution >= 4 is 17.8 Å². The lowest BCUT2D eigenvalue weighted by atomic mass is 10.2. The summed E-state index contributed by atoms with van der Waals surface area (Å²) in [6.45, 7) is 2.14. The fourth-order valence-electron chi connectivity index (χ4n) is 1.61. The summed E-state index contributed by atoms with van der Waals surface area (Å²) < 4.78 is 10.4. The minimum absolute atomic E-state index is 0.0717. The monoisotopic (exact) mass is 336 g/mol. The molecule has 0 atom stereocenters. The Labute approximate surface area is 141 Å². The third-order valence-electron chi connectivity index (χ3n) is 3.13. The van der Waals surface area contributed by atoms with Gasteiger partial charge in [0, 0.05) is 14.1 Å². The van der Waals surface area contributed by atoms with Crippen molar-refractivity contribution in [2.75, 3.05) is 33.9 Å². The van der Waals surface area contributed by atoms with Gasteiger partial charge >= 0.3 is 5.97 Å². The number of unbranched alkanes of at least 4 members (excludes halogenated alkanes) is 1. The van der Waals surface area contributed by atoms with Crippen LogP contribution in [-0.4, -0.2) is 56.5 Å². The van der Waals surface area contributed by atoms with Gasteiger partial charge in [-0.1, -0.05) is 13.3 Å². The number of rotatable bonds is 9. The van der Waals surface area contributed by atoms with Crippen molar-refractivity contribution in [3.63, 3.8) is 0 Å². The highest BCUT2D eigenvalue weighted by atomic mass is 16.5. The van der Waals surface area contributed by atoms with E-state index in [9.17, 15) is 14.4 Å². The Balaban J connectivity index is 2.37. The van der Waals surface area contributed by atoms with Gasteiger partial charge in [-0.3, -0.25) is 9.59 Å². The fourth-order valence-corrected chi connectivity index (χ4v) is 1.61. The molecule has 0 bridgehead atoms. The molecular formula is C17H24N2O5. The van der Waals surface area contributed by atoms with Crippen LogP contribution >= 0.6 is 0 Å². The summed E-state index contributed by atoms with van der Waals surface area (Å²) in [6.07, 6.45) is 1.79. The van der Waals surface area contributed by atoms with E-state index in [-0.39, 0.29) is 25.0 Å². The third kappa shape index (κ3) is 7.13. The molecule has 1 N–H and O–H groups in total. The molecule has 0 radical (unpaired) electrons. The number of nitrogens with one attached hydrogen (secondary N) is 1. The van der Waals surface area contributed by atoms with Crippen LogP contribution in [0.2, 0.25) is 0 Å². The van der Waals surface area contributed by atoms with Gasteiger partial charge in [0.15, 0.2) is 6.61 Å². The van der Waals surface area contributed by atoms with Crippen LogP contribution in [0.5, 0.6) is 5.75 Å². The molecule has 0 unspecified atom stereocenters. The number of nitrogens with zero attached hydrogens (tertiary/aromatic N) is 1. The molecule has 0 aliphatic carbocycles. The van der Waals surface area contributed by atoms with Gasteiger partial charge in [-0.25, -0.2) is 4.79 Å². The van der Waals surface area contributed by atoms with Crippen LogP contribution < -0.4 is 10.1 Å². The molecule has 7 nitrogen and oxygen atoms in total. The molecule has 7 heteroatoms. The summed E-state index contributed by atoms with van der Waals surface area (Å²) in [4.78, 5) is 36.1. The van der Waals surface area contributed by atoms with Crippen molar-refractivity contribution in [3.8, 4) is 5.75 Å². The van der Waals surface area contributed by atoms with Gasteiger partial charge in [0.2, 0.25) is 5.91 Å². The van der Waals surface area contributed by atoms with Crippen molar-refractivity contribution in [1.82, 2.24) is 10.2 Å². The Hall–Kier alpha value is -2.57. The van der Waals surface area contributed by atoms with Crippen LogP contribution in [0.15, 0.2) is 24.3 Å². The first-order chi connectivity index (χ1) is 11.4. The van der Waals surface area contributed by atoms with Gasteiger partial charge in [0.25, 0.3) is 5.91 Å². The Kier molecular flexibility index (Phi) is 8.32. The highest BCUT2D eigenvalue weighted by Crippen LogP contribution is 2.13. The number of hydrogen-bond acceptors (Lipinski definition) is 5. The molecule has 0 spiro atoms. The first-order valence-corrected chi connectivity index (χ1v) is 7.81. The highest BCUT2D eigenvalue weighted by molar-refractivity contribution is 5.89. The van der Waals surface area contributed by atoms with Crippen LogP contribution in [0.25, 0.3) is 0 Å². The molecule has 0 heterocycles. The predicted molar refractivity (Wildman–Crippen MR) is 88.8 cm³/mol. The van der Waals surface area contributed by atoms with Crippen molar-refractivity contribution in [2.45, 2.75) is 19.8 Å². The molecule has 0 aliphatic rings. The van der Waals surface area contributed by atoms with E-state index < -0.39 is 5.91 Å². The number of esters is 1. The maximum Gasteiger partial charge on any atom is 0.338 e. The largest absolute Gasteiger partial charge is 0.484 e. The Bertz CT molecular complexity index is 555. The second-order valence-corrected chi connectivity index (χ2v) is 5.37. The molecule has 1 aromatic carbocycles. The molecule has 1 rings (SSSR count). The third-order valence-corrected chi connectivity index (χ3v) is 3.13. The molecule has 132 valence electrons. The predicted octanol–water partition coefficient (Wildman–Crippen LogP) is 1.23. The van der Waals surface area contributed by atoms with Gasteiger partial charge in [-0.2, -0.15) is 0 Å². The minimum atomic E-state index is -0.395. The lowest BCUT2D eigenvalue weighted by Crippen LogP contribution is -2.38. The van der Waals surface area contributed by atoms with E-state index in [1.165, 1.54) is 4.90 Å². The highest BCUT2D eigenvalue weighted by Gasteiger charge is 2.09. The smallest absolute Gasteiger partial charge is 0.338 e. The molecule has 0 aliphatic heterocycles. The maximum absolute atomic E-state index is 11.7. The van der Waals surface area contributed by atoms with E-state index in [2.05, 4.69) is 5.32 Å². The van der Waals surface area contributed by atoms with Crippen molar-refractivity contribution in [1.29, 1.82) is 0 Å². The SMILES string of the molecule is CCCCOC(=O)c1ccc(OCC(=O)NCC(=O)N(C)C)cc1. The second kappa shape index (κ2) is 10.3. The van der Waals surface area contributed by atoms with Gasteiger partial charge in [0.05, 0.1) is 18.7 Å². The summed E-state index contributed by atoms with van der Waals surface area (Å²) >= 11 is 0. The van der Waals surface area contributed by atoms with E-state index >= 15 is 0 Å². The van der Waals surface area contributed by atoms with E-state index in [0.29, 0.717) is 17.9 Å². The van der Waals surface area contributed by atoms with Crippen LogP contribution in [0.3, 0.4) is 0 Å². The molecule has 0 fully saturated rings. The van der Waals surface area contributed by atoms with E-state index in [4.69, 9.17) is 9.47 Å². The lowest BCUT2D eigenvalue weighted by molar-refractivity contribution is -0.131. The standard InChI is InChI=1S/C17H24N2O5/c1-4-5-10-23-17(22)13-6-8-14(9-7-13)24-12-15(20)18-11-16(21)19(2)3/h6-9H,4-5,10-12H2,1-3H3,(H,18,20). The zero-order valence-corrected chi connectivity index (χ0v) is 14.3. The van der Waals surface area contributed by atoms with Crippen molar-refractivity contribution in [2.24, 2.45) is 0 Å². The van der Waals surface area contributed by atoms with Crippen LogP contribution in [-0.2, 0) is 14.3 Å². The average molecular weight is 336 g/mol. The van der Waals surface area contributed by atoms with Gasteiger partial charge < -0.3 is 19.7 Å². The molecule has 0 saturated carbocycles. The summed E-state index contributed by atoms with van der Waals surface area (Å²) in [6, 6.07) is 6.34. The average Bonchev–Trinajstić information content (AvgIpc) is 2.58. The molecule has 24 heavy (non-hydrogen) atoms. The number of ether oxygens (including phenoxy) is 2. The lowest BCUT2D eigenvalue weighted by Gasteiger charge is -2.11. The Morgan fingerprint density at radius 3 is 2.38 bits per heavy atom. The topological polar surface area (TPSA) is 84.9 Å². The number of carbonyl (C=O) groups is 3. The van der Waals surface area contributed by atoms with E-state index in [1.54, 1.807) is 38.4 Å². The first kappa shape index (κ1) is 19.5. The summed E-state index contributed by atoms with van der Waals surface area (Å²) in [5, 5.41) is 2.46. The second-order valence-electron chi connectivity index (χ2n) is 5.37. The minimum Gasteiger partial charge on any atom is -0.484 e. The number of hydrogen-bond donors (Lipinski definition) is 1. The summed E-state index contributed by atoms with van der Waals surface area (Å²) in [7, 11) is 3.22. The Morgan fingerprint density at radius 1 is 1.12 bits per heavy atom. The van der Waals surface area contributed by atoms with Gasteiger partial charge in [-0.05, 0) is 30.7 Å². The van der Waals surface area contributed by atoms with E-state index in [1.807, 2.05) is 6.92 Å².